The van der Waals surface area contributed by atoms with Gasteiger partial charge in [0, 0.05) is 50.5 Å². The Hall–Kier alpha value is -4.36. The highest BCUT2D eigenvalue weighted by Gasteiger charge is 2.25. The monoisotopic (exact) mass is 567 g/mol. The van der Waals surface area contributed by atoms with Crippen molar-refractivity contribution in [1.29, 1.82) is 5.41 Å². The molecule has 218 valence electrons. The van der Waals surface area contributed by atoms with E-state index in [2.05, 4.69) is 31.2 Å². The molecule has 11 nitrogen and oxygen atoms in total. The Morgan fingerprint density at radius 1 is 1.20 bits per heavy atom. The van der Waals surface area contributed by atoms with Crippen LogP contribution in [0.3, 0.4) is 0 Å². The number of H-pyrrole nitrogens is 1. The van der Waals surface area contributed by atoms with Crippen LogP contribution in [0.25, 0.3) is 11.1 Å². The number of hydrogen-bond donors (Lipinski definition) is 7. The number of anilines is 1. The number of benzene rings is 2. The maximum Gasteiger partial charge on any atom is 0.321 e. The Morgan fingerprint density at radius 2 is 1.98 bits per heavy atom. The smallest absolute Gasteiger partial charge is 0.321 e. The van der Waals surface area contributed by atoms with E-state index in [0.29, 0.717) is 43.7 Å². The Kier molecular flexibility index (Phi) is 9.98. The molecule has 3 aromatic rings. The SMILES string of the molecule is Cc1cc(F)c(CN2CCC(NC(=O)Nc3nc(=O)c(-c4ccc(CNCCCNC(=N)N)cc4)c[nH]3)C2)cc1F. The van der Waals surface area contributed by atoms with Crippen LogP contribution in [0.5, 0.6) is 0 Å². The first-order valence-corrected chi connectivity index (χ1v) is 13.4. The first kappa shape index (κ1) is 29.6. The van der Waals surface area contributed by atoms with Crippen LogP contribution >= 0.6 is 0 Å². The topological polar surface area (TPSA) is 164 Å². The second-order valence-electron chi connectivity index (χ2n) is 10.0. The quantitative estimate of drug-likeness (QED) is 0.106. The fourth-order valence-electron chi connectivity index (χ4n) is 4.61. The molecule has 0 radical (unpaired) electrons. The minimum absolute atomic E-state index is 0.0170. The first-order valence-electron chi connectivity index (χ1n) is 13.4. The third-order valence-corrected chi connectivity index (χ3v) is 6.80. The minimum atomic E-state index is -0.519. The van der Waals surface area contributed by atoms with Gasteiger partial charge >= 0.3 is 6.03 Å². The van der Waals surface area contributed by atoms with E-state index in [1.54, 1.807) is 0 Å². The van der Waals surface area contributed by atoms with E-state index in [9.17, 15) is 18.4 Å². The molecule has 4 rings (SSSR count). The lowest BCUT2D eigenvalue weighted by atomic mass is 10.1. The molecule has 13 heteroatoms. The average Bonchev–Trinajstić information content (AvgIpc) is 3.36. The lowest BCUT2D eigenvalue weighted by molar-refractivity contribution is 0.247. The van der Waals surface area contributed by atoms with E-state index in [1.807, 2.05) is 29.2 Å². The molecule has 1 fully saturated rings. The standard InChI is InChI=1S/C28H35F2N9O2/c1-17-11-24(30)20(12-23(17)29)15-39-10-7-21(16-39)36-28(41)38-27-35-14-22(25(40)37-27)19-5-3-18(4-6-19)13-33-8-2-9-34-26(31)32/h3-6,11-12,14,21,33H,2,7-10,13,15-16H2,1H3,(H4,31,32,34)(H3,35,36,37,38,40,41). The van der Waals surface area contributed by atoms with E-state index in [-0.39, 0.29) is 35.6 Å². The van der Waals surface area contributed by atoms with Crippen LogP contribution < -0.4 is 32.6 Å². The molecule has 2 amide bonds. The van der Waals surface area contributed by atoms with Gasteiger partial charge in [-0.2, -0.15) is 4.98 Å². The average molecular weight is 568 g/mol. The van der Waals surface area contributed by atoms with Gasteiger partial charge in [-0.3, -0.25) is 20.4 Å². The summed E-state index contributed by atoms with van der Waals surface area (Å²) in [7, 11) is 0. The Balaban J connectivity index is 1.24. The van der Waals surface area contributed by atoms with E-state index in [0.717, 1.165) is 18.5 Å². The molecular weight excluding hydrogens is 532 g/mol. The van der Waals surface area contributed by atoms with Crippen LogP contribution in [-0.2, 0) is 13.1 Å². The van der Waals surface area contributed by atoms with Crippen molar-refractivity contribution in [1.82, 2.24) is 30.8 Å². The van der Waals surface area contributed by atoms with Crippen molar-refractivity contribution in [3.8, 4) is 11.1 Å². The van der Waals surface area contributed by atoms with Crippen molar-refractivity contribution in [2.75, 3.05) is 31.5 Å². The lowest BCUT2D eigenvalue weighted by Gasteiger charge is -2.17. The van der Waals surface area contributed by atoms with E-state index in [1.165, 1.54) is 25.3 Å². The summed E-state index contributed by atoms with van der Waals surface area (Å²) in [6.45, 7) is 4.92. The van der Waals surface area contributed by atoms with Gasteiger partial charge in [0.1, 0.15) is 11.6 Å². The molecule has 2 heterocycles. The highest BCUT2D eigenvalue weighted by Crippen LogP contribution is 2.19. The highest BCUT2D eigenvalue weighted by atomic mass is 19.1. The van der Waals surface area contributed by atoms with Gasteiger partial charge in [0.2, 0.25) is 5.95 Å². The summed E-state index contributed by atoms with van der Waals surface area (Å²) >= 11 is 0. The molecule has 8 N–H and O–H groups in total. The second kappa shape index (κ2) is 13.8. The van der Waals surface area contributed by atoms with Crippen LogP contribution in [0.2, 0.25) is 0 Å². The van der Waals surface area contributed by atoms with Crippen LogP contribution in [0.1, 0.15) is 29.5 Å². The zero-order chi connectivity index (χ0) is 29.4. The van der Waals surface area contributed by atoms with Gasteiger partial charge in [0.25, 0.3) is 5.56 Å². The fraction of sp³-hybridized carbons (Fsp3) is 0.357. The number of aromatic amines is 1. The largest absolute Gasteiger partial charge is 0.370 e. The second-order valence-corrected chi connectivity index (χ2v) is 10.0. The number of nitrogens with zero attached hydrogens (tertiary/aromatic N) is 2. The molecular formula is C28H35F2N9O2. The summed E-state index contributed by atoms with van der Waals surface area (Å²) in [5.41, 5.74) is 7.42. The molecule has 0 bridgehead atoms. The van der Waals surface area contributed by atoms with Gasteiger partial charge in [0.15, 0.2) is 5.96 Å². The van der Waals surface area contributed by atoms with Gasteiger partial charge in [-0.1, -0.05) is 24.3 Å². The molecule has 2 aromatic carbocycles. The molecule has 0 spiro atoms. The number of likely N-dealkylation sites (tertiary alicyclic amines) is 1. The number of carbonyl (C=O) groups is 1. The Morgan fingerprint density at radius 3 is 2.71 bits per heavy atom. The summed E-state index contributed by atoms with van der Waals surface area (Å²) in [6, 6.07) is 9.21. The predicted octanol–water partition coefficient (Wildman–Crippen LogP) is 2.38. The number of carbonyl (C=O) groups excluding carboxylic acids is 1. The van der Waals surface area contributed by atoms with Crippen molar-refractivity contribution in [2.45, 2.75) is 38.9 Å². The summed E-state index contributed by atoms with van der Waals surface area (Å²) in [5, 5.41) is 18.6. The summed E-state index contributed by atoms with van der Waals surface area (Å²) < 4.78 is 28.0. The summed E-state index contributed by atoms with van der Waals surface area (Å²) in [6.07, 6.45) is 2.98. The van der Waals surface area contributed by atoms with Crippen molar-refractivity contribution < 1.29 is 13.6 Å². The van der Waals surface area contributed by atoms with Crippen molar-refractivity contribution in [3.63, 3.8) is 0 Å². The molecule has 1 saturated heterocycles. The number of guanidine groups is 1. The van der Waals surface area contributed by atoms with E-state index >= 15 is 0 Å². The number of rotatable bonds is 11. The van der Waals surface area contributed by atoms with Gasteiger partial charge in [-0.15, -0.1) is 0 Å². The van der Waals surface area contributed by atoms with Gasteiger partial charge in [0.05, 0.1) is 5.56 Å². The molecule has 0 saturated carbocycles. The molecule has 1 aliphatic rings. The molecule has 1 unspecified atom stereocenters. The molecule has 41 heavy (non-hydrogen) atoms. The van der Waals surface area contributed by atoms with Crippen LogP contribution in [0, 0.1) is 24.0 Å². The van der Waals surface area contributed by atoms with Crippen molar-refractivity contribution in [3.05, 3.63) is 81.3 Å². The number of aryl methyl sites for hydroxylation is 1. The summed E-state index contributed by atoms with van der Waals surface area (Å²) in [5.74, 6) is -0.915. The van der Waals surface area contributed by atoms with Crippen LogP contribution in [0.15, 0.2) is 47.4 Å². The zero-order valence-corrected chi connectivity index (χ0v) is 22.8. The predicted molar refractivity (Wildman–Crippen MR) is 153 cm³/mol. The number of amides is 2. The first-order chi connectivity index (χ1) is 19.7. The Labute approximate surface area is 236 Å². The maximum atomic E-state index is 14.2. The normalized spacial score (nSPS) is 15.0. The zero-order valence-electron chi connectivity index (χ0n) is 22.8. The van der Waals surface area contributed by atoms with E-state index in [4.69, 9.17) is 11.1 Å². The third-order valence-electron chi connectivity index (χ3n) is 6.80. The fourth-order valence-corrected chi connectivity index (χ4v) is 4.61. The Bertz CT molecular complexity index is 1430. The highest BCUT2D eigenvalue weighted by molar-refractivity contribution is 5.87. The number of aromatic nitrogens is 2. The van der Waals surface area contributed by atoms with Crippen molar-refractivity contribution >= 4 is 17.9 Å². The maximum absolute atomic E-state index is 14.2. The van der Waals surface area contributed by atoms with Gasteiger partial charge in [-0.25, -0.2) is 13.6 Å². The minimum Gasteiger partial charge on any atom is -0.370 e. The van der Waals surface area contributed by atoms with Crippen molar-refractivity contribution in [2.24, 2.45) is 5.73 Å². The number of hydrogen-bond acceptors (Lipinski definition) is 6. The molecule has 1 aliphatic heterocycles. The number of urea groups is 1. The van der Waals surface area contributed by atoms with Crippen LogP contribution in [-0.4, -0.2) is 59.1 Å². The number of halogens is 2. The van der Waals surface area contributed by atoms with E-state index < -0.39 is 23.2 Å². The summed E-state index contributed by atoms with van der Waals surface area (Å²) in [4.78, 5) is 33.9. The lowest BCUT2D eigenvalue weighted by Crippen LogP contribution is -2.40. The molecule has 0 aliphatic carbocycles. The number of nitrogens with one attached hydrogen (secondary N) is 6. The molecule has 1 atom stereocenters. The van der Waals surface area contributed by atoms with Gasteiger partial charge in [-0.05, 0) is 55.1 Å². The third kappa shape index (κ3) is 8.56. The van der Waals surface area contributed by atoms with Gasteiger partial charge < -0.3 is 26.7 Å². The number of nitrogens with two attached hydrogens (primary N) is 1. The van der Waals surface area contributed by atoms with Crippen LogP contribution in [0.4, 0.5) is 19.5 Å². The molecule has 1 aromatic heterocycles.